The molecule has 0 spiro atoms. The van der Waals surface area contributed by atoms with Gasteiger partial charge in [-0.1, -0.05) is 17.7 Å². The molecule has 2 rings (SSSR count). The second-order valence-electron chi connectivity index (χ2n) is 5.91. The Bertz CT molecular complexity index is 652. The normalized spacial score (nSPS) is 11.8. The molecule has 2 aromatic carbocycles. The predicted octanol–water partition coefficient (Wildman–Crippen LogP) is 2.61. The van der Waals surface area contributed by atoms with Crippen molar-refractivity contribution in [2.24, 2.45) is 0 Å². The van der Waals surface area contributed by atoms with Crippen LogP contribution in [0, 0.1) is 6.92 Å². The van der Waals surface area contributed by atoms with Crippen LogP contribution in [0.5, 0.6) is 11.5 Å². The molecule has 0 amide bonds. The Hall–Kier alpha value is -2.37. The van der Waals surface area contributed by atoms with E-state index in [2.05, 4.69) is 5.32 Å². The van der Waals surface area contributed by atoms with E-state index in [0.717, 1.165) is 5.75 Å². The lowest BCUT2D eigenvalue weighted by molar-refractivity contribution is 0.101. The third-order valence-corrected chi connectivity index (χ3v) is 3.65. The molecule has 2 N–H and O–H groups in total. The summed E-state index contributed by atoms with van der Waals surface area (Å²) in [4.78, 5) is 11.2. The van der Waals surface area contributed by atoms with E-state index in [4.69, 9.17) is 9.47 Å². The molecule has 0 saturated carbocycles. The summed E-state index contributed by atoms with van der Waals surface area (Å²) in [6, 6.07) is 14.8. The minimum absolute atomic E-state index is 0.0173. The van der Waals surface area contributed by atoms with E-state index in [0.29, 0.717) is 31.0 Å². The SMILES string of the molecule is CC(=O)c1ccc(OC[C@@H](O)CNCCOc2ccc(C)cc2)cc1. The number of ketones is 1. The number of aliphatic hydroxyl groups is 1. The highest BCUT2D eigenvalue weighted by Gasteiger charge is 2.06. The van der Waals surface area contributed by atoms with Gasteiger partial charge < -0.3 is 19.9 Å². The minimum Gasteiger partial charge on any atom is -0.492 e. The number of carbonyl (C=O) groups is 1. The van der Waals surface area contributed by atoms with E-state index in [1.54, 1.807) is 24.3 Å². The zero-order valence-corrected chi connectivity index (χ0v) is 14.7. The Kier molecular flexibility index (Phi) is 7.44. The molecule has 5 nitrogen and oxygen atoms in total. The van der Waals surface area contributed by atoms with Gasteiger partial charge in [-0.15, -0.1) is 0 Å². The zero-order valence-electron chi connectivity index (χ0n) is 14.7. The van der Waals surface area contributed by atoms with Crippen LogP contribution in [0.3, 0.4) is 0 Å². The van der Waals surface area contributed by atoms with Crippen molar-refractivity contribution in [2.75, 3.05) is 26.3 Å². The molecule has 0 radical (unpaired) electrons. The van der Waals surface area contributed by atoms with Crippen molar-refractivity contribution in [1.29, 1.82) is 0 Å². The van der Waals surface area contributed by atoms with Gasteiger partial charge in [0.15, 0.2) is 5.78 Å². The van der Waals surface area contributed by atoms with Crippen molar-refractivity contribution in [3.63, 3.8) is 0 Å². The Labute approximate surface area is 148 Å². The first kappa shape index (κ1) is 19.0. The van der Waals surface area contributed by atoms with Crippen LogP contribution in [0.1, 0.15) is 22.8 Å². The molecule has 0 fully saturated rings. The summed E-state index contributed by atoms with van der Waals surface area (Å²) in [5.41, 5.74) is 1.84. The third kappa shape index (κ3) is 6.95. The van der Waals surface area contributed by atoms with Crippen molar-refractivity contribution in [3.05, 3.63) is 59.7 Å². The number of rotatable bonds is 10. The molecular weight excluding hydrogens is 318 g/mol. The number of carbonyl (C=O) groups excluding carboxylic acids is 1. The fourth-order valence-electron chi connectivity index (χ4n) is 2.18. The van der Waals surface area contributed by atoms with Crippen molar-refractivity contribution in [3.8, 4) is 11.5 Å². The Balaban J connectivity index is 1.58. The van der Waals surface area contributed by atoms with Crippen LogP contribution < -0.4 is 14.8 Å². The lowest BCUT2D eigenvalue weighted by Crippen LogP contribution is -2.33. The number of hydrogen-bond acceptors (Lipinski definition) is 5. The molecule has 0 aromatic heterocycles. The van der Waals surface area contributed by atoms with Gasteiger partial charge in [-0.2, -0.15) is 0 Å². The molecule has 0 aliphatic rings. The minimum atomic E-state index is -0.619. The highest BCUT2D eigenvalue weighted by molar-refractivity contribution is 5.94. The summed E-state index contributed by atoms with van der Waals surface area (Å²) >= 11 is 0. The molecule has 0 aliphatic carbocycles. The average Bonchev–Trinajstić information content (AvgIpc) is 2.61. The molecule has 134 valence electrons. The van der Waals surface area contributed by atoms with E-state index in [1.165, 1.54) is 12.5 Å². The fraction of sp³-hybridized carbons (Fsp3) is 0.350. The van der Waals surface area contributed by atoms with E-state index >= 15 is 0 Å². The molecule has 2 aromatic rings. The van der Waals surface area contributed by atoms with Crippen LogP contribution in [0.25, 0.3) is 0 Å². The number of nitrogens with one attached hydrogen (secondary N) is 1. The number of Topliss-reactive ketones (excluding diaryl/α,β-unsaturated/α-hetero) is 1. The van der Waals surface area contributed by atoms with Crippen LogP contribution in [-0.4, -0.2) is 43.3 Å². The van der Waals surface area contributed by atoms with Gasteiger partial charge in [0.25, 0.3) is 0 Å². The van der Waals surface area contributed by atoms with Crippen LogP contribution in [0.2, 0.25) is 0 Å². The third-order valence-electron chi connectivity index (χ3n) is 3.65. The summed E-state index contributed by atoms with van der Waals surface area (Å²) in [6.45, 7) is 5.33. The topological polar surface area (TPSA) is 67.8 Å². The first-order chi connectivity index (χ1) is 12.0. The second kappa shape index (κ2) is 9.81. The average molecular weight is 343 g/mol. The monoisotopic (exact) mass is 343 g/mol. The van der Waals surface area contributed by atoms with Crippen molar-refractivity contribution in [1.82, 2.24) is 5.32 Å². The summed E-state index contributed by atoms with van der Waals surface area (Å²) in [5.74, 6) is 1.49. The zero-order chi connectivity index (χ0) is 18.1. The van der Waals surface area contributed by atoms with Crippen molar-refractivity contribution < 1.29 is 19.4 Å². The van der Waals surface area contributed by atoms with Gasteiger partial charge in [0, 0.05) is 18.7 Å². The molecule has 0 saturated heterocycles. The van der Waals surface area contributed by atoms with E-state index in [9.17, 15) is 9.90 Å². The highest BCUT2D eigenvalue weighted by atomic mass is 16.5. The van der Waals surface area contributed by atoms with Crippen molar-refractivity contribution in [2.45, 2.75) is 20.0 Å². The maximum atomic E-state index is 11.2. The Morgan fingerprint density at radius 3 is 2.28 bits per heavy atom. The largest absolute Gasteiger partial charge is 0.492 e. The molecule has 5 heteroatoms. The fourth-order valence-corrected chi connectivity index (χ4v) is 2.18. The smallest absolute Gasteiger partial charge is 0.159 e. The number of hydrogen-bond donors (Lipinski definition) is 2. The van der Waals surface area contributed by atoms with Gasteiger partial charge in [0.2, 0.25) is 0 Å². The maximum absolute atomic E-state index is 11.2. The molecule has 0 aliphatic heterocycles. The van der Waals surface area contributed by atoms with E-state index < -0.39 is 6.10 Å². The molecular formula is C20H25NO4. The van der Waals surface area contributed by atoms with Gasteiger partial charge in [0.1, 0.15) is 30.8 Å². The lowest BCUT2D eigenvalue weighted by atomic mass is 10.1. The van der Waals surface area contributed by atoms with Gasteiger partial charge in [-0.3, -0.25) is 4.79 Å². The van der Waals surface area contributed by atoms with Crippen LogP contribution in [0.4, 0.5) is 0 Å². The van der Waals surface area contributed by atoms with Gasteiger partial charge in [-0.25, -0.2) is 0 Å². The van der Waals surface area contributed by atoms with Crippen molar-refractivity contribution >= 4 is 5.78 Å². The Morgan fingerprint density at radius 2 is 1.64 bits per heavy atom. The quantitative estimate of drug-likeness (QED) is 0.513. The van der Waals surface area contributed by atoms with Gasteiger partial charge in [-0.05, 0) is 50.2 Å². The maximum Gasteiger partial charge on any atom is 0.159 e. The van der Waals surface area contributed by atoms with E-state index in [1.807, 2.05) is 31.2 Å². The number of benzene rings is 2. The van der Waals surface area contributed by atoms with E-state index in [-0.39, 0.29) is 12.4 Å². The molecule has 0 bridgehead atoms. The second-order valence-corrected chi connectivity index (χ2v) is 5.91. The molecule has 0 heterocycles. The van der Waals surface area contributed by atoms with Gasteiger partial charge in [0.05, 0.1) is 0 Å². The number of aliphatic hydroxyl groups excluding tert-OH is 1. The lowest BCUT2D eigenvalue weighted by Gasteiger charge is -2.14. The molecule has 1 atom stereocenters. The number of aryl methyl sites for hydroxylation is 1. The summed E-state index contributed by atoms with van der Waals surface area (Å²) in [5, 5.41) is 13.0. The summed E-state index contributed by atoms with van der Waals surface area (Å²) in [6.07, 6.45) is -0.619. The summed E-state index contributed by atoms with van der Waals surface area (Å²) in [7, 11) is 0. The first-order valence-corrected chi connectivity index (χ1v) is 8.36. The van der Waals surface area contributed by atoms with Gasteiger partial charge >= 0.3 is 0 Å². The highest BCUT2D eigenvalue weighted by Crippen LogP contribution is 2.13. The number of ether oxygens (including phenoxy) is 2. The standard InChI is InChI=1S/C20H25NO4/c1-15-3-7-19(8-4-15)24-12-11-21-13-18(23)14-25-20-9-5-17(6-10-20)16(2)22/h3-10,18,21,23H,11-14H2,1-2H3/t18-/m0/s1. The Morgan fingerprint density at radius 1 is 1.04 bits per heavy atom. The van der Waals surface area contributed by atoms with Crippen LogP contribution in [-0.2, 0) is 0 Å². The predicted molar refractivity (Wildman–Crippen MR) is 97.5 cm³/mol. The first-order valence-electron chi connectivity index (χ1n) is 8.36. The molecule has 25 heavy (non-hydrogen) atoms. The summed E-state index contributed by atoms with van der Waals surface area (Å²) < 4.78 is 11.1. The molecule has 0 unspecified atom stereocenters. The van der Waals surface area contributed by atoms with Crippen LogP contribution >= 0.6 is 0 Å². The van der Waals surface area contributed by atoms with Crippen LogP contribution in [0.15, 0.2) is 48.5 Å².